The van der Waals surface area contributed by atoms with E-state index >= 15 is 0 Å². The molecule has 0 aliphatic heterocycles. The van der Waals surface area contributed by atoms with Gasteiger partial charge >= 0.3 is 0 Å². The molecule has 3 heteroatoms. The quantitative estimate of drug-likeness (QED) is 0.433. The fourth-order valence-electron chi connectivity index (χ4n) is 0.668. The summed E-state index contributed by atoms with van der Waals surface area (Å²) in [4.78, 5) is 20.7. The first-order valence-corrected chi connectivity index (χ1v) is 2.34. The zero-order valence-electron chi connectivity index (χ0n) is 4.51. The van der Waals surface area contributed by atoms with Gasteiger partial charge in [0.1, 0.15) is 0 Å². The van der Waals surface area contributed by atoms with Crippen LogP contribution in [0.2, 0.25) is 0 Å². The van der Waals surface area contributed by atoms with Crippen molar-refractivity contribution >= 4 is 11.6 Å². The zero-order chi connectivity index (χ0) is 6.15. The van der Waals surface area contributed by atoms with Gasteiger partial charge in [0.25, 0.3) is 0 Å². The normalized spacial score (nSPS) is 21.1. The average molecular weight is 114 g/mol. The monoisotopic (exact) mass is 114 g/mol. The van der Waals surface area contributed by atoms with Crippen LogP contribution in [-0.4, -0.2) is 24.8 Å². The SMILES string of the molecule is COC1C(=O)CC1=O. The summed E-state index contributed by atoms with van der Waals surface area (Å²) in [6, 6.07) is 0. The summed E-state index contributed by atoms with van der Waals surface area (Å²) in [7, 11) is 1.36. The van der Waals surface area contributed by atoms with E-state index < -0.39 is 6.10 Å². The molecular weight excluding hydrogens is 108 g/mol. The van der Waals surface area contributed by atoms with Gasteiger partial charge in [0, 0.05) is 7.11 Å². The largest absolute Gasteiger partial charge is 0.366 e. The first-order valence-electron chi connectivity index (χ1n) is 2.34. The van der Waals surface area contributed by atoms with Gasteiger partial charge in [-0.05, 0) is 0 Å². The lowest BCUT2D eigenvalue weighted by molar-refractivity contribution is -0.152. The Labute approximate surface area is 46.6 Å². The van der Waals surface area contributed by atoms with Gasteiger partial charge in [-0.25, -0.2) is 0 Å². The number of Topliss-reactive ketones (excluding diaryl/α,β-unsaturated/α-hetero) is 2. The fraction of sp³-hybridized carbons (Fsp3) is 0.600. The maximum atomic E-state index is 10.3. The summed E-state index contributed by atoms with van der Waals surface area (Å²) in [6.07, 6.45) is -0.659. The Balaban J connectivity index is 2.52. The van der Waals surface area contributed by atoms with Crippen molar-refractivity contribution in [2.24, 2.45) is 0 Å². The molecule has 0 atom stereocenters. The molecule has 0 unspecified atom stereocenters. The summed E-state index contributed by atoms with van der Waals surface area (Å²) >= 11 is 0. The van der Waals surface area contributed by atoms with Gasteiger partial charge in [0.2, 0.25) is 0 Å². The van der Waals surface area contributed by atoms with Crippen LogP contribution in [0, 0.1) is 0 Å². The van der Waals surface area contributed by atoms with E-state index in [4.69, 9.17) is 0 Å². The maximum Gasteiger partial charge on any atom is 0.176 e. The van der Waals surface area contributed by atoms with Crippen LogP contribution in [0.4, 0.5) is 0 Å². The molecule has 0 aromatic heterocycles. The molecule has 1 saturated carbocycles. The number of ketones is 2. The Hall–Kier alpha value is -0.700. The summed E-state index contributed by atoms with van der Waals surface area (Å²) in [5, 5.41) is 0. The number of methoxy groups -OCH3 is 1. The van der Waals surface area contributed by atoms with E-state index in [1.807, 2.05) is 0 Å². The van der Waals surface area contributed by atoms with Crippen molar-refractivity contribution in [3.63, 3.8) is 0 Å². The zero-order valence-corrected chi connectivity index (χ0v) is 4.51. The van der Waals surface area contributed by atoms with Crippen LogP contribution in [-0.2, 0) is 14.3 Å². The topological polar surface area (TPSA) is 43.4 Å². The summed E-state index contributed by atoms with van der Waals surface area (Å²) < 4.78 is 4.51. The van der Waals surface area contributed by atoms with E-state index in [9.17, 15) is 9.59 Å². The second-order valence-corrected chi connectivity index (χ2v) is 1.73. The molecule has 0 spiro atoms. The lowest BCUT2D eigenvalue weighted by Crippen LogP contribution is -2.44. The Morgan fingerprint density at radius 1 is 1.50 bits per heavy atom. The third-order valence-electron chi connectivity index (χ3n) is 1.17. The van der Waals surface area contributed by atoms with Gasteiger partial charge in [-0.3, -0.25) is 9.59 Å². The highest BCUT2D eigenvalue weighted by Gasteiger charge is 2.37. The second-order valence-electron chi connectivity index (χ2n) is 1.73. The molecule has 0 amide bonds. The summed E-state index contributed by atoms with van der Waals surface area (Å²) in [5.41, 5.74) is 0. The average Bonchev–Trinajstić information content (AvgIpc) is 1.67. The first kappa shape index (κ1) is 5.44. The van der Waals surface area contributed by atoms with Crippen LogP contribution >= 0.6 is 0 Å². The van der Waals surface area contributed by atoms with Gasteiger partial charge in [-0.15, -0.1) is 0 Å². The number of carbonyl (C=O) groups is 2. The Bertz CT molecular complexity index is 125. The minimum atomic E-state index is -0.727. The third-order valence-corrected chi connectivity index (χ3v) is 1.17. The van der Waals surface area contributed by atoms with Gasteiger partial charge in [0.05, 0.1) is 6.42 Å². The van der Waals surface area contributed by atoms with Gasteiger partial charge in [0.15, 0.2) is 17.7 Å². The van der Waals surface area contributed by atoms with Crippen LogP contribution in [0.1, 0.15) is 6.42 Å². The van der Waals surface area contributed by atoms with E-state index in [0.29, 0.717) is 0 Å². The fourth-order valence-corrected chi connectivity index (χ4v) is 0.668. The highest BCUT2D eigenvalue weighted by molar-refractivity contribution is 6.23. The molecule has 0 radical (unpaired) electrons. The van der Waals surface area contributed by atoms with E-state index in [0.717, 1.165) is 0 Å². The molecule has 0 heterocycles. The molecule has 1 aliphatic carbocycles. The van der Waals surface area contributed by atoms with E-state index in [1.54, 1.807) is 0 Å². The summed E-state index contributed by atoms with van der Waals surface area (Å²) in [6.45, 7) is 0. The van der Waals surface area contributed by atoms with Crippen LogP contribution in [0.5, 0.6) is 0 Å². The lowest BCUT2D eigenvalue weighted by atomic mass is 9.92. The molecule has 44 valence electrons. The van der Waals surface area contributed by atoms with Gasteiger partial charge < -0.3 is 4.74 Å². The van der Waals surface area contributed by atoms with Crippen LogP contribution < -0.4 is 0 Å². The number of ether oxygens (including phenoxy) is 1. The summed E-state index contributed by atoms with van der Waals surface area (Å²) in [5.74, 6) is -0.199. The Morgan fingerprint density at radius 2 is 2.00 bits per heavy atom. The molecule has 1 fully saturated rings. The minimum Gasteiger partial charge on any atom is -0.366 e. The van der Waals surface area contributed by atoms with Crippen molar-refractivity contribution in [1.29, 1.82) is 0 Å². The third kappa shape index (κ3) is 0.554. The lowest BCUT2D eigenvalue weighted by Gasteiger charge is -2.19. The van der Waals surface area contributed by atoms with Crippen LogP contribution in [0.3, 0.4) is 0 Å². The van der Waals surface area contributed by atoms with Crippen molar-refractivity contribution in [2.45, 2.75) is 12.5 Å². The van der Waals surface area contributed by atoms with Crippen LogP contribution in [0.15, 0.2) is 0 Å². The molecule has 0 N–H and O–H groups in total. The van der Waals surface area contributed by atoms with E-state index in [2.05, 4.69) is 4.74 Å². The molecule has 3 nitrogen and oxygen atoms in total. The molecule has 8 heavy (non-hydrogen) atoms. The van der Waals surface area contributed by atoms with Gasteiger partial charge in [-0.1, -0.05) is 0 Å². The van der Waals surface area contributed by atoms with E-state index in [1.165, 1.54) is 7.11 Å². The maximum absolute atomic E-state index is 10.3. The molecule has 0 bridgehead atoms. The van der Waals surface area contributed by atoms with Crippen molar-refractivity contribution in [2.75, 3.05) is 7.11 Å². The minimum absolute atomic E-state index is 0.0680. The number of hydrogen-bond acceptors (Lipinski definition) is 3. The standard InChI is InChI=1S/C5H6O3/c1-8-5-3(6)2-4(5)7/h5H,2H2,1H3. The molecule has 0 saturated heterocycles. The molecular formula is C5H6O3. The predicted molar refractivity (Wildman–Crippen MR) is 25.4 cm³/mol. The Kier molecular flexibility index (Phi) is 1.13. The number of rotatable bonds is 1. The van der Waals surface area contributed by atoms with Crippen molar-refractivity contribution in [3.05, 3.63) is 0 Å². The molecule has 0 aromatic carbocycles. The molecule has 1 rings (SSSR count). The van der Waals surface area contributed by atoms with E-state index in [-0.39, 0.29) is 18.0 Å². The number of hydrogen-bond donors (Lipinski definition) is 0. The van der Waals surface area contributed by atoms with Crippen molar-refractivity contribution < 1.29 is 14.3 Å². The van der Waals surface area contributed by atoms with Gasteiger partial charge in [-0.2, -0.15) is 0 Å². The van der Waals surface area contributed by atoms with Crippen molar-refractivity contribution in [3.8, 4) is 0 Å². The predicted octanol–water partition coefficient (Wildman–Crippen LogP) is -0.457. The van der Waals surface area contributed by atoms with Crippen LogP contribution in [0.25, 0.3) is 0 Å². The van der Waals surface area contributed by atoms with Crippen molar-refractivity contribution in [1.82, 2.24) is 0 Å². The smallest absolute Gasteiger partial charge is 0.176 e. The number of carbonyl (C=O) groups excluding carboxylic acids is 2. The Morgan fingerprint density at radius 3 is 2.12 bits per heavy atom. The molecule has 0 aromatic rings. The highest BCUT2D eigenvalue weighted by Crippen LogP contribution is 2.11. The first-order chi connectivity index (χ1) is 3.75. The molecule has 1 aliphatic rings. The second kappa shape index (κ2) is 1.67. The highest BCUT2D eigenvalue weighted by atomic mass is 16.5.